The summed E-state index contributed by atoms with van der Waals surface area (Å²) in [4.78, 5) is 36.3. The number of hydrogen-bond acceptors (Lipinski definition) is 9. The molecule has 2 aromatic heterocycles. The Kier molecular flexibility index (Phi) is 8.20. The van der Waals surface area contributed by atoms with Crippen LogP contribution in [0.15, 0.2) is 18.5 Å². The Morgan fingerprint density at radius 3 is 2.55 bits per heavy atom. The van der Waals surface area contributed by atoms with Crippen LogP contribution >= 0.6 is 0 Å². The van der Waals surface area contributed by atoms with Gasteiger partial charge < -0.3 is 26.4 Å². The molecule has 0 aliphatic heterocycles. The molecule has 0 saturated heterocycles. The van der Waals surface area contributed by atoms with Gasteiger partial charge in [0.15, 0.2) is 5.82 Å². The number of amides is 2. The number of alkyl halides is 1. The topological polar surface area (TPSA) is 165 Å². The smallest absolute Gasteiger partial charge is 0.255 e. The van der Waals surface area contributed by atoms with Crippen LogP contribution in [0.5, 0.6) is 0 Å². The lowest BCUT2D eigenvalue weighted by Gasteiger charge is -2.23. The Morgan fingerprint density at radius 1 is 1.27 bits per heavy atom. The minimum Gasteiger partial charge on any atom is -0.387 e. The highest BCUT2D eigenvalue weighted by atomic mass is 19.1. The predicted molar refractivity (Wildman–Crippen MR) is 121 cm³/mol. The number of aliphatic hydroxyl groups is 1. The summed E-state index contributed by atoms with van der Waals surface area (Å²) in [5, 5.41) is 29.8. The zero-order valence-electron chi connectivity index (χ0n) is 19.0. The SMILES string of the molecule is CC(=O)Nc1nc(Nc2cc(NC(C)C)c(C(=O)NC[C@@H](F)C(C)(C)O)cn2)ncc1C#N. The third kappa shape index (κ3) is 7.36. The molecule has 0 unspecified atom stereocenters. The molecular formula is C21H27FN8O3. The highest BCUT2D eigenvalue weighted by molar-refractivity contribution is 5.99. The first-order valence-corrected chi connectivity index (χ1v) is 10.1. The summed E-state index contributed by atoms with van der Waals surface area (Å²) < 4.78 is 14.0. The summed E-state index contributed by atoms with van der Waals surface area (Å²) >= 11 is 0. The van der Waals surface area contributed by atoms with Crippen molar-refractivity contribution < 1.29 is 19.1 Å². The van der Waals surface area contributed by atoms with Gasteiger partial charge in [-0.3, -0.25) is 9.59 Å². The van der Waals surface area contributed by atoms with E-state index in [2.05, 4.69) is 36.2 Å². The molecule has 0 saturated carbocycles. The van der Waals surface area contributed by atoms with Crippen molar-refractivity contribution in [1.29, 1.82) is 5.26 Å². The van der Waals surface area contributed by atoms with E-state index in [1.54, 1.807) is 6.07 Å². The van der Waals surface area contributed by atoms with Crippen molar-refractivity contribution in [2.24, 2.45) is 0 Å². The summed E-state index contributed by atoms with van der Waals surface area (Å²) in [6.45, 7) is 7.32. The lowest BCUT2D eigenvalue weighted by Crippen LogP contribution is -2.42. The normalized spacial score (nSPS) is 12.0. The fourth-order valence-electron chi connectivity index (χ4n) is 2.56. The van der Waals surface area contributed by atoms with Crippen LogP contribution in [0.25, 0.3) is 0 Å². The van der Waals surface area contributed by atoms with E-state index in [4.69, 9.17) is 5.26 Å². The maximum absolute atomic E-state index is 14.0. The van der Waals surface area contributed by atoms with Crippen LogP contribution in [0.1, 0.15) is 50.5 Å². The van der Waals surface area contributed by atoms with Crippen molar-refractivity contribution in [3.8, 4) is 6.07 Å². The molecular weight excluding hydrogens is 431 g/mol. The average Bonchev–Trinajstić information content (AvgIpc) is 2.70. The monoisotopic (exact) mass is 458 g/mol. The summed E-state index contributed by atoms with van der Waals surface area (Å²) in [6, 6.07) is 3.41. The highest BCUT2D eigenvalue weighted by Gasteiger charge is 2.27. The van der Waals surface area contributed by atoms with E-state index in [9.17, 15) is 19.1 Å². The third-order valence-electron chi connectivity index (χ3n) is 4.24. The molecule has 11 nitrogen and oxygen atoms in total. The second kappa shape index (κ2) is 10.6. The number of nitrogens with one attached hydrogen (secondary N) is 4. The van der Waals surface area contributed by atoms with Gasteiger partial charge in [-0.05, 0) is 27.7 Å². The number of anilines is 4. The molecule has 1 atom stereocenters. The number of pyridine rings is 1. The van der Waals surface area contributed by atoms with Gasteiger partial charge in [0.25, 0.3) is 5.91 Å². The predicted octanol–water partition coefficient (Wildman–Crippen LogP) is 2.10. The van der Waals surface area contributed by atoms with Crippen LogP contribution in [0, 0.1) is 11.3 Å². The maximum Gasteiger partial charge on any atom is 0.255 e. The van der Waals surface area contributed by atoms with E-state index < -0.39 is 23.6 Å². The quantitative estimate of drug-likeness (QED) is 0.378. The van der Waals surface area contributed by atoms with Gasteiger partial charge in [-0.1, -0.05) is 0 Å². The zero-order valence-corrected chi connectivity index (χ0v) is 19.0. The van der Waals surface area contributed by atoms with Crippen molar-refractivity contribution in [1.82, 2.24) is 20.3 Å². The molecule has 12 heteroatoms. The number of hydrogen-bond donors (Lipinski definition) is 5. The Labute approximate surface area is 190 Å². The standard InChI is InChI=1S/C21H27FN8O3/c1-11(2)27-15-6-17(24-9-14(15)19(32)25-10-16(22)21(4,5)33)29-20-26-8-13(7-23)18(30-20)28-12(3)31/h6,8-9,11,16,33H,10H2,1-5H3,(H,25,32)(H3,24,26,27,28,29,30,31)/t16-/m1/s1. The first-order chi connectivity index (χ1) is 15.4. The minimum atomic E-state index is -1.65. The lowest BCUT2D eigenvalue weighted by atomic mass is 10.0. The van der Waals surface area contributed by atoms with Gasteiger partial charge in [-0.15, -0.1) is 0 Å². The molecule has 0 aliphatic rings. The van der Waals surface area contributed by atoms with E-state index in [1.165, 1.54) is 33.2 Å². The van der Waals surface area contributed by atoms with Crippen LogP contribution in [-0.4, -0.2) is 56.2 Å². The van der Waals surface area contributed by atoms with E-state index >= 15 is 0 Å². The van der Waals surface area contributed by atoms with Crippen LogP contribution in [0.2, 0.25) is 0 Å². The van der Waals surface area contributed by atoms with Crippen molar-refractivity contribution in [3.63, 3.8) is 0 Å². The molecule has 2 amide bonds. The number of aromatic nitrogens is 3. The second-order valence-electron chi connectivity index (χ2n) is 8.12. The van der Waals surface area contributed by atoms with Gasteiger partial charge in [0.05, 0.1) is 29.6 Å². The number of nitrogens with zero attached hydrogens (tertiary/aromatic N) is 4. The fraction of sp³-hybridized carbons (Fsp3) is 0.429. The molecule has 2 aromatic rings. The van der Waals surface area contributed by atoms with E-state index in [0.29, 0.717) is 5.69 Å². The van der Waals surface area contributed by atoms with E-state index in [0.717, 1.165) is 0 Å². The second-order valence-corrected chi connectivity index (χ2v) is 8.12. The van der Waals surface area contributed by atoms with Gasteiger partial charge in [0.2, 0.25) is 11.9 Å². The summed E-state index contributed by atoms with van der Waals surface area (Å²) in [5.41, 5.74) is -0.892. The van der Waals surface area contributed by atoms with Crippen molar-refractivity contribution in [3.05, 3.63) is 29.6 Å². The van der Waals surface area contributed by atoms with Crippen LogP contribution < -0.4 is 21.3 Å². The summed E-state index contributed by atoms with van der Waals surface area (Å²) in [7, 11) is 0. The van der Waals surface area contributed by atoms with Gasteiger partial charge in [-0.2, -0.15) is 10.2 Å². The lowest BCUT2D eigenvalue weighted by molar-refractivity contribution is -0.114. The van der Waals surface area contributed by atoms with Crippen LogP contribution in [-0.2, 0) is 4.79 Å². The summed E-state index contributed by atoms with van der Waals surface area (Å²) in [6.07, 6.45) is 0.910. The molecule has 0 aromatic carbocycles. The number of halogens is 1. The third-order valence-corrected chi connectivity index (χ3v) is 4.24. The molecule has 176 valence electrons. The van der Waals surface area contributed by atoms with Crippen molar-refractivity contribution in [2.75, 3.05) is 22.5 Å². The number of carbonyl (C=O) groups excluding carboxylic acids is 2. The fourth-order valence-corrected chi connectivity index (χ4v) is 2.56. The van der Waals surface area contributed by atoms with Gasteiger partial charge >= 0.3 is 0 Å². The molecule has 2 rings (SSSR count). The van der Waals surface area contributed by atoms with Crippen molar-refractivity contribution >= 4 is 35.1 Å². The largest absolute Gasteiger partial charge is 0.387 e. The molecule has 0 radical (unpaired) electrons. The first-order valence-electron chi connectivity index (χ1n) is 10.1. The maximum atomic E-state index is 14.0. The number of rotatable bonds is 9. The number of carbonyl (C=O) groups is 2. The first kappa shape index (κ1) is 25.4. The van der Waals surface area contributed by atoms with E-state index in [-0.39, 0.29) is 41.3 Å². The molecule has 0 fully saturated rings. The van der Waals surface area contributed by atoms with Crippen LogP contribution in [0.3, 0.4) is 0 Å². The van der Waals surface area contributed by atoms with Gasteiger partial charge in [0, 0.05) is 25.2 Å². The zero-order chi connectivity index (χ0) is 24.8. The van der Waals surface area contributed by atoms with E-state index in [1.807, 2.05) is 19.9 Å². The molecule has 33 heavy (non-hydrogen) atoms. The Bertz CT molecular complexity index is 1060. The molecule has 2 heterocycles. The average molecular weight is 458 g/mol. The highest BCUT2D eigenvalue weighted by Crippen LogP contribution is 2.23. The molecule has 0 aliphatic carbocycles. The minimum absolute atomic E-state index is 0.0327. The van der Waals surface area contributed by atoms with Gasteiger partial charge in [0.1, 0.15) is 23.6 Å². The molecule has 5 N–H and O–H groups in total. The Morgan fingerprint density at radius 2 is 1.97 bits per heavy atom. The van der Waals surface area contributed by atoms with Gasteiger partial charge in [-0.25, -0.2) is 14.4 Å². The number of nitriles is 1. The Balaban J connectivity index is 2.27. The Hall–Kier alpha value is -3.85. The van der Waals surface area contributed by atoms with Crippen molar-refractivity contribution in [2.45, 2.75) is 52.4 Å². The molecule has 0 bridgehead atoms. The molecule has 0 spiro atoms. The van der Waals surface area contributed by atoms with Crippen LogP contribution in [0.4, 0.5) is 27.7 Å². The summed E-state index contributed by atoms with van der Waals surface area (Å²) in [5.74, 6) is -0.553.